The second-order valence-electron chi connectivity index (χ2n) is 3.43. The Morgan fingerprint density at radius 2 is 2.00 bits per heavy atom. The summed E-state index contributed by atoms with van der Waals surface area (Å²) in [5.74, 6) is 0.236. The van der Waals surface area contributed by atoms with E-state index in [1.807, 2.05) is 19.9 Å². The van der Waals surface area contributed by atoms with E-state index < -0.39 is 0 Å². The average molecular weight is 237 g/mol. The lowest BCUT2D eigenvalue weighted by Gasteiger charge is -2.13. The fourth-order valence-corrected chi connectivity index (χ4v) is 1.37. The fourth-order valence-electron chi connectivity index (χ4n) is 1.37. The number of ether oxygens (including phenoxy) is 2. The molecule has 94 valence electrons. The summed E-state index contributed by atoms with van der Waals surface area (Å²) in [4.78, 5) is 4.23. The molecule has 0 heterocycles. The minimum absolute atomic E-state index is 0.236. The molecular formula is C13H19NO3. The highest BCUT2D eigenvalue weighted by Gasteiger charge is 2.05. The molecule has 0 unspecified atom stereocenters. The third-order valence-electron chi connectivity index (χ3n) is 2.07. The molecule has 1 aromatic rings. The fraction of sp³-hybridized carbons (Fsp3) is 0.462. The quantitative estimate of drug-likeness (QED) is 0.584. The van der Waals surface area contributed by atoms with Crippen LogP contribution in [0, 0.1) is 0 Å². The minimum atomic E-state index is -0.293. The normalized spacial score (nSPS) is 11.5. The Labute approximate surface area is 102 Å². The number of aromatic hydroxyl groups is 1. The molecule has 0 aliphatic heterocycles. The first kappa shape index (κ1) is 13.7. The van der Waals surface area contributed by atoms with Crippen molar-refractivity contribution < 1.29 is 14.6 Å². The van der Waals surface area contributed by atoms with Gasteiger partial charge in [0.2, 0.25) is 0 Å². The summed E-state index contributed by atoms with van der Waals surface area (Å²) in [5, 5.41) is 9.28. The highest BCUT2D eigenvalue weighted by molar-refractivity contribution is 5.80. The Morgan fingerprint density at radius 1 is 1.29 bits per heavy atom. The number of phenolic OH excluding ortho intramolecular Hbond substituents is 1. The van der Waals surface area contributed by atoms with Gasteiger partial charge in [-0.3, -0.25) is 4.99 Å². The topological polar surface area (TPSA) is 51.0 Å². The SMILES string of the molecule is CCOC(CN=Cc1cccc(O)c1)OCC. The molecule has 0 atom stereocenters. The van der Waals surface area contributed by atoms with Crippen molar-refractivity contribution in [1.82, 2.24) is 0 Å². The van der Waals surface area contributed by atoms with Crippen LogP contribution in [0.5, 0.6) is 5.75 Å². The van der Waals surface area contributed by atoms with E-state index in [1.54, 1.807) is 24.4 Å². The lowest BCUT2D eigenvalue weighted by atomic mass is 10.2. The lowest BCUT2D eigenvalue weighted by molar-refractivity contribution is -0.128. The molecule has 0 saturated heterocycles. The molecule has 4 heteroatoms. The average Bonchev–Trinajstić information content (AvgIpc) is 2.30. The summed E-state index contributed by atoms with van der Waals surface area (Å²) in [6, 6.07) is 6.93. The van der Waals surface area contributed by atoms with Crippen LogP contribution < -0.4 is 0 Å². The highest BCUT2D eigenvalue weighted by atomic mass is 16.7. The van der Waals surface area contributed by atoms with Gasteiger partial charge < -0.3 is 14.6 Å². The lowest BCUT2D eigenvalue weighted by Crippen LogP contribution is -2.20. The summed E-state index contributed by atoms with van der Waals surface area (Å²) < 4.78 is 10.7. The molecule has 0 aliphatic rings. The van der Waals surface area contributed by atoms with Gasteiger partial charge in [-0.15, -0.1) is 0 Å². The predicted octanol–water partition coefficient (Wildman–Crippen LogP) is 2.21. The van der Waals surface area contributed by atoms with Crippen molar-refractivity contribution in [3.8, 4) is 5.75 Å². The molecule has 0 radical (unpaired) electrons. The van der Waals surface area contributed by atoms with E-state index in [4.69, 9.17) is 9.47 Å². The number of hydrogen-bond donors (Lipinski definition) is 1. The number of hydrogen-bond acceptors (Lipinski definition) is 4. The predicted molar refractivity (Wildman–Crippen MR) is 67.6 cm³/mol. The van der Waals surface area contributed by atoms with Crippen molar-refractivity contribution in [3.63, 3.8) is 0 Å². The summed E-state index contributed by atoms with van der Waals surface area (Å²) in [7, 11) is 0. The van der Waals surface area contributed by atoms with E-state index in [-0.39, 0.29) is 12.0 Å². The minimum Gasteiger partial charge on any atom is -0.508 e. The van der Waals surface area contributed by atoms with Crippen LogP contribution in [0.25, 0.3) is 0 Å². The van der Waals surface area contributed by atoms with Crippen molar-refractivity contribution in [2.45, 2.75) is 20.1 Å². The zero-order valence-corrected chi connectivity index (χ0v) is 10.3. The first-order chi connectivity index (χ1) is 8.26. The van der Waals surface area contributed by atoms with E-state index in [0.717, 1.165) is 5.56 Å². The molecule has 17 heavy (non-hydrogen) atoms. The van der Waals surface area contributed by atoms with Gasteiger partial charge in [-0.05, 0) is 31.5 Å². The molecule has 0 amide bonds. The maximum atomic E-state index is 9.28. The Kier molecular flexibility index (Phi) is 6.29. The van der Waals surface area contributed by atoms with Crippen molar-refractivity contribution in [1.29, 1.82) is 0 Å². The second-order valence-corrected chi connectivity index (χ2v) is 3.43. The Hall–Kier alpha value is -1.39. The molecule has 0 spiro atoms. The summed E-state index contributed by atoms with van der Waals surface area (Å²) >= 11 is 0. The first-order valence-electron chi connectivity index (χ1n) is 5.78. The summed E-state index contributed by atoms with van der Waals surface area (Å²) in [6.45, 7) is 5.51. The van der Waals surface area contributed by atoms with Gasteiger partial charge in [-0.2, -0.15) is 0 Å². The van der Waals surface area contributed by atoms with Crippen LogP contribution in [0.4, 0.5) is 0 Å². The molecule has 0 saturated carbocycles. The number of benzene rings is 1. The van der Waals surface area contributed by atoms with Crippen molar-refractivity contribution in [3.05, 3.63) is 29.8 Å². The van der Waals surface area contributed by atoms with Gasteiger partial charge >= 0.3 is 0 Å². The molecule has 1 N–H and O–H groups in total. The Bertz CT molecular complexity index is 346. The third-order valence-corrected chi connectivity index (χ3v) is 2.07. The van der Waals surface area contributed by atoms with Crippen molar-refractivity contribution in [2.75, 3.05) is 19.8 Å². The zero-order chi connectivity index (χ0) is 12.5. The van der Waals surface area contributed by atoms with Crippen molar-refractivity contribution >= 4 is 6.21 Å². The van der Waals surface area contributed by atoms with E-state index >= 15 is 0 Å². The molecule has 1 aromatic carbocycles. The van der Waals surface area contributed by atoms with Crippen LogP contribution in [0.1, 0.15) is 19.4 Å². The number of aliphatic imine (C=N–C) groups is 1. The summed E-state index contributed by atoms with van der Waals surface area (Å²) in [5.41, 5.74) is 0.858. The van der Waals surface area contributed by atoms with Gasteiger partial charge in [-0.25, -0.2) is 0 Å². The molecular weight excluding hydrogens is 218 g/mol. The molecule has 0 fully saturated rings. The molecule has 1 rings (SSSR count). The van der Waals surface area contributed by atoms with Crippen LogP contribution in [0.2, 0.25) is 0 Å². The monoisotopic (exact) mass is 237 g/mol. The van der Waals surface area contributed by atoms with E-state index in [2.05, 4.69) is 4.99 Å². The standard InChI is InChI=1S/C13H19NO3/c1-3-16-13(17-4-2)10-14-9-11-6-5-7-12(15)8-11/h5-9,13,15H,3-4,10H2,1-2H3. The van der Waals surface area contributed by atoms with E-state index in [9.17, 15) is 5.11 Å². The maximum absolute atomic E-state index is 9.28. The van der Waals surface area contributed by atoms with Gasteiger partial charge in [0.05, 0.1) is 6.54 Å². The highest BCUT2D eigenvalue weighted by Crippen LogP contribution is 2.08. The van der Waals surface area contributed by atoms with Gasteiger partial charge in [0, 0.05) is 19.4 Å². The van der Waals surface area contributed by atoms with Crippen LogP contribution in [0.15, 0.2) is 29.3 Å². The largest absolute Gasteiger partial charge is 0.508 e. The third kappa shape index (κ3) is 5.47. The van der Waals surface area contributed by atoms with Gasteiger partial charge in [0.15, 0.2) is 6.29 Å². The Balaban J connectivity index is 2.47. The number of nitrogens with zero attached hydrogens (tertiary/aromatic N) is 1. The Morgan fingerprint density at radius 3 is 2.59 bits per heavy atom. The number of rotatable bonds is 7. The van der Waals surface area contributed by atoms with Crippen LogP contribution in [-0.2, 0) is 9.47 Å². The van der Waals surface area contributed by atoms with E-state index in [0.29, 0.717) is 19.8 Å². The van der Waals surface area contributed by atoms with E-state index in [1.165, 1.54) is 0 Å². The molecule has 0 bridgehead atoms. The maximum Gasteiger partial charge on any atom is 0.176 e. The van der Waals surface area contributed by atoms with Gasteiger partial charge in [0.25, 0.3) is 0 Å². The zero-order valence-electron chi connectivity index (χ0n) is 10.3. The van der Waals surface area contributed by atoms with Gasteiger partial charge in [0.1, 0.15) is 5.75 Å². The van der Waals surface area contributed by atoms with Crippen LogP contribution in [0.3, 0.4) is 0 Å². The van der Waals surface area contributed by atoms with Crippen molar-refractivity contribution in [2.24, 2.45) is 4.99 Å². The second kappa shape index (κ2) is 7.81. The first-order valence-corrected chi connectivity index (χ1v) is 5.78. The molecule has 0 aliphatic carbocycles. The molecule has 0 aromatic heterocycles. The number of phenols is 1. The smallest absolute Gasteiger partial charge is 0.176 e. The summed E-state index contributed by atoms with van der Waals surface area (Å²) in [6.07, 6.45) is 1.41. The van der Waals surface area contributed by atoms with Gasteiger partial charge in [-0.1, -0.05) is 12.1 Å². The molecule has 4 nitrogen and oxygen atoms in total. The van der Waals surface area contributed by atoms with Crippen LogP contribution in [-0.4, -0.2) is 37.4 Å². The van der Waals surface area contributed by atoms with Crippen LogP contribution >= 0.6 is 0 Å².